The summed E-state index contributed by atoms with van der Waals surface area (Å²) < 4.78 is 48.0. The second-order valence-electron chi connectivity index (χ2n) is 7.36. The molecule has 0 saturated carbocycles. The molecule has 1 atom stereocenters. The number of primary amides is 1. The second kappa shape index (κ2) is 9.11. The minimum atomic E-state index is -4.52. The van der Waals surface area contributed by atoms with Crippen LogP contribution in [0.15, 0.2) is 54.9 Å². The number of rotatable bonds is 7. The Bertz CT molecular complexity index is 1310. The fraction of sp³-hybridized carbons (Fsp3) is 0.217. The van der Waals surface area contributed by atoms with Crippen LogP contribution < -0.4 is 10.5 Å². The van der Waals surface area contributed by atoms with Crippen LogP contribution in [0.4, 0.5) is 13.2 Å². The van der Waals surface area contributed by atoms with E-state index in [1.165, 1.54) is 25.1 Å². The quantitative estimate of drug-likeness (QED) is 0.334. The number of amides is 1. The molecule has 0 aliphatic heterocycles. The smallest absolute Gasteiger partial charge is 0.416 e. The largest absolute Gasteiger partial charge is 0.484 e. The number of carbonyl (C=O) groups excluding carboxylic acids is 1. The van der Waals surface area contributed by atoms with Gasteiger partial charge in [0.2, 0.25) is 0 Å². The molecule has 0 fully saturated rings. The highest BCUT2D eigenvalue weighted by molar-refractivity contribution is 7.97. The van der Waals surface area contributed by atoms with E-state index in [9.17, 15) is 18.0 Å². The zero-order chi connectivity index (χ0) is 23.8. The van der Waals surface area contributed by atoms with Crippen molar-refractivity contribution in [2.45, 2.75) is 25.0 Å². The highest BCUT2D eigenvalue weighted by Crippen LogP contribution is 2.39. The molecule has 2 N–H and O–H groups in total. The van der Waals surface area contributed by atoms with E-state index in [1.54, 1.807) is 24.2 Å². The van der Waals surface area contributed by atoms with Crippen molar-refractivity contribution >= 4 is 40.0 Å². The molecule has 0 aliphatic carbocycles. The van der Waals surface area contributed by atoms with Gasteiger partial charge in [0.05, 0.1) is 16.6 Å². The summed E-state index contributed by atoms with van der Waals surface area (Å²) in [5, 5.41) is 0.624. The summed E-state index contributed by atoms with van der Waals surface area (Å²) in [6.07, 6.45) is -1.83. The fourth-order valence-electron chi connectivity index (χ4n) is 3.59. The van der Waals surface area contributed by atoms with Crippen LogP contribution in [0.5, 0.6) is 5.75 Å². The van der Waals surface area contributed by atoms with Gasteiger partial charge < -0.3 is 10.5 Å². The molecule has 5 nitrogen and oxygen atoms in total. The van der Waals surface area contributed by atoms with Gasteiger partial charge in [-0.05, 0) is 36.9 Å². The number of benzene rings is 2. The van der Waals surface area contributed by atoms with Gasteiger partial charge in [0.15, 0.2) is 0 Å². The number of nitrogens with zero attached hydrogens (tertiary/aromatic N) is 2. The first-order chi connectivity index (χ1) is 15.7. The van der Waals surface area contributed by atoms with Crippen molar-refractivity contribution in [3.05, 3.63) is 76.4 Å². The van der Waals surface area contributed by atoms with Crippen LogP contribution in [0, 0.1) is 0 Å². The van der Waals surface area contributed by atoms with E-state index in [-0.39, 0.29) is 16.2 Å². The van der Waals surface area contributed by atoms with Crippen molar-refractivity contribution in [2.75, 3.05) is 6.26 Å². The summed E-state index contributed by atoms with van der Waals surface area (Å²) in [7, 11) is 0. The van der Waals surface area contributed by atoms with Crippen molar-refractivity contribution in [3.8, 4) is 10.8 Å². The van der Waals surface area contributed by atoms with Crippen molar-refractivity contribution in [3.63, 3.8) is 0 Å². The van der Waals surface area contributed by atoms with Crippen LogP contribution in [0.3, 0.4) is 0 Å². The van der Waals surface area contributed by atoms with E-state index in [1.807, 2.05) is 29.0 Å². The Hall–Kier alpha value is -2.98. The zero-order valence-electron chi connectivity index (χ0n) is 17.7. The van der Waals surface area contributed by atoms with Gasteiger partial charge >= 0.3 is 6.18 Å². The van der Waals surface area contributed by atoms with Crippen molar-refractivity contribution in [1.82, 2.24) is 9.55 Å². The summed E-state index contributed by atoms with van der Waals surface area (Å²) in [6, 6.07) is 12.8. The average molecular weight is 492 g/mol. The van der Waals surface area contributed by atoms with E-state index in [0.29, 0.717) is 5.00 Å². The van der Waals surface area contributed by atoms with Crippen LogP contribution >= 0.6 is 23.1 Å². The van der Waals surface area contributed by atoms with Gasteiger partial charge in [-0.15, -0.1) is 11.3 Å². The first kappa shape index (κ1) is 23.2. The molecule has 0 aliphatic rings. The van der Waals surface area contributed by atoms with Gasteiger partial charge in [-0.25, -0.2) is 4.98 Å². The Balaban J connectivity index is 1.73. The highest BCUT2D eigenvalue weighted by Gasteiger charge is 2.35. The molecule has 1 amide bonds. The van der Waals surface area contributed by atoms with E-state index < -0.39 is 23.8 Å². The van der Waals surface area contributed by atoms with Crippen LogP contribution in [-0.2, 0) is 11.9 Å². The number of halogens is 3. The van der Waals surface area contributed by atoms with Crippen LogP contribution in [0.1, 0.15) is 39.4 Å². The molecule has 2 aromatic carbocycles. The van der Waals surface area contributed by atoms with Crippen molar-refractivity contribution in [1.29, 1.82) is 0 Å². The van der Waals surface area contributed by atoms with Crippen LogP contribution in [0.25, 0.3) is 16.0 Å². The maximum absolute atomic E-state index is 13.4. The molecule has 0 bridgehead atoms. The number of alkyl halides is 3. The number of carbonyl (C=O) groups is 1. The summed E-state index contributed by atoms with van der Waals surface area (Å²) in [6.45, 7) is 1.51. The molecule has 0 radical (unpaired) electrons. The van der Waals surface area contributed by atoms with E-state index in [4.69, 9.17) is 10.5 Å². The minimum Gasteiger partial charge on any atom is -0.484 e. The van der Waals surface area contributed by atoms with Crippen LogP contribution in [0.2, 0.25) is 0 Å². The molecular weight excluding hydrogens is 471 g/mol. The summed E-state index contributed by atoms with van der Waals surface area (Å²) in [5.74, 6) is 0.252. The fourth-order valence-corrected chi connectivity index (χ4v) is 5.03. The number of thiophene rings is 1. The summed E-state index contributed by atoms with van der Waals surface area (Å²) in [5.41, 5.74) is 7.50. The average Bonchev–Trinajstić information content (AvgIpc) is 3.37. The lowest BCUT2D eigenvalue weighted by Crippen LogP contribution is -2.15. The number of hydrogen-bond acceptors (Lipinski definition) is 5. The topological polar surface area (TPSA) is 70.1 Å². The Labute approximate surface area is 196 Å². The van der Waals surface area contributed by atoms with Crippen LogP contribution in [-0.4, -0.2) is 21.7 Å². The number of thioether (sulfide) groups is 1. The predicted molar refractivity (Wildman–Crippen MR) is 125 cm³/mol. The lowest BCUT2D eigenvalue weighted by Gasteiger charge is -2.19. The molecule has 2 heterocycles. The maximum Gasteiger partial charge on any atom is 0.416 e. The lowest BCUT2D eigenvalue weighted by atomic mass is 10.0. The van der Waals surface area contributed by atoms with Crippen molar-refractivity contribution in [2.24, 2.45) is 5.73 Å². The number of ether oxygens (including phenoxy) is 1. The van der Waals surface area contributed by atoms with E-state index in [0.717, 1.165) is 39.8 Å². The highest BCUT2D eigenvalue weighted by atomic mass is 32.2. The molecule has 33 heavy (non-hydrogen) atoms. The third kappa shape index (κ3) is 4.72. The van der Waals surface area contributed by atoms with E-state index >= 15 is 0 Å². The third-order valence-electron chi connectivity index (χ3n) is 5.08. The first-order valence-electron chi connectivity index (χ1n) is 9.90. The SMILES string of the molecule is CSCc1ccc2ncn(-c3cc(O[C@H](C)c4ccccc4C(F)(F)F)c(C(N)=O)s3)c2c1. The summed E-state index contributed by atoms with van der Waals surface area (Å²) in [4.78, 5) is 16.6. The Morgan fingerprint density at radius 1 is 1.24 bits per heavy atom. The normalized spacial score (nSPS) is 12.8. The Kier molecular flexibility index (Phi) is 6.40. The zero-order valence-corrected chi connectivity index (χ0v) is 19.4. The molecular formula is C23H20F3N3O2S2. The Morgan fingerprint density at radius 2 is 2.00 bits per heavy atom. The summed E-state index contributed by atoms with van der Waals surface area (Å²) >= 11 is 2.80. The Morgan fingerprint density at radius 3 is 2.70 bits per heavy atom. The predicted octanol–water partition coefficient (Wildman–Crippen LogP) is 6.21. The maximum atomic E-state index is 13.4. The number of imidazole rings is 1. The third-order valence-corrected chi connectivity index (χ3v) is 6.83. The molecule has 2 aromatic heterocycles. The number of nitrogens with two attached hydrogens (primary N) is 1. The molecule has 0 unspecified atom stereocenters. The van der Waals surface area contributed by atoms with Gasteiger partial charge in [0, 0.05) is 17.4 Å². The lowest BCUT2D eigenvalue weighted by molar-refractivity contribution is -0.138. The molecule has 0 spiro atoms. The van der Waals surface area contributed by atoms with E-state index in [2.05, 4.69) is 4.98 Å². The molecule has 4 rings (SSSR count). The minimum absolute atomic E-state index is 0.0250. The van der Waals surface area contributed by atoms with Crippen molar-refractivity contribution < 1.29 is 22.7 Å². The number of aromatic nitrogens is 2. The molecule has 10 heteroatoms. The van der Waals surface area contributed by atoms with Gasteiger partial charge in [-0.3, -0.25) is 9.36 Å². The molecule has 172 valence electrons. The van der Waals surface area contributed by atoms with Gasteiger partial charge in [0.1, 0.15) is 28.1 Å². The molecule has 0 saturated heterocycles. The monoisotopic (exact) mass is 491 g/mol. The standard InChI is InChI=1S/C23H20F3N3O2S2/c1-13(15-5-3-4-6-16(15)23(24,25)26)31-19-10-20(33-21(19)22(27)30)29-12-28-17-8-7-14(11-32-2)9-18(17)29/h3-10,12-13H,11H2,1-2H3,(H2,27,30)/t13-/m1/s1. The number of hydrogen-bond donors (Lipinski definition) is 1. The van der Waals surface area contributed by atoms with Gasteiger partial charge in [-0.1, -0.05) is 24.3 Å². The number of fused-ring (bicyclic) bond motifs is 1. The first-order valence-corrected chi connectivity index (χ1v) is 12.1. The molecule has 4 aromatic rings. The second-order valence-corrected chi connectivity index (χ2v) is 9.25. The van der Waals surface area contributed by atoms with Gasteiger partial charge in [-0.2, -0.15) is 24.9 Å². The van der Waals surface area contributed by atoms with Gasteiger partial charge in [0.25, 0.3) is 5.91 Å².